The molecule has 0 saturated carbocycles. The Morgan fingerprint density at radius 2 is 0.955 bits per heavy atom. The Morgan fingerprint density at radius 1 is 0.682 bits per heavy atom. The summed E-state index contributed by atoms with van der Waals surface area (Å²) >= 11 is 0. The summed E-state index contributed by atoms with van der Waals surface area (Å²) in [6, 6.07) is 16.8. The molecule has 1 aromatic heterocycles. The van der Waals surface area contributed by atoms with Gasteiger partial charge in [0.1, 0.15) is 0 Å². The van der Waals surface area contributed by atoms with E-state index in [2.05, 4.69) is 53.5 Å². The van der Waals surface area contributed by atoms with E-state index in [1.54, 1.807) is 0 Å². The Balaban J connectivity index is 0.000000420. The van der Waals surface area contributed by atoms with Crippen LogP contribution in [0.1, 0.15) is 0 Å². The van der Waals surface area contributed by atoms with Crippen molar-refractivity contribution in [2.75, 3.05) is 0 Å². The van der Waals surface area contributed by atoms with E-state index in [0.717, 1.165) is 0 Å². The summed E-state index contributed by atoms with van der Waals surface area (Å²) in [6.07, 6.45) is 0. The van der Waals surface area contributed by atoms with Crippen LogP contribution in [0.3, 0.4) is 0 Å². The topological polar surface area (TPSA) is 148 Å². The summed E-state index contributed by atoms with van der Waals surface area (Å²) in [4.78, 5) is 19.9. The van der Waals surface area contributed by atoms with E-state index in [1.165, 1.54) is 21.8 Å². The van der Waals surface area contributed by atoms with Crippen molar-refractivity contribution in [3.63, 3.8) is 0 Å². The van der Waals surface area contributed by atoms with Crippen LogP contribution >= 0.6 is 0 Å². The van der Waals surface area contributed by atoms with Gasteiger partial charge >= 0.3 is 27.3 Å². The fraction of sp³-hybridized carbons (Fsp3) is 0. The van der Waals surface area contributed by atoms with Gasteiger partial charge in [-0.25, -0.2) is 0 Å². The smallest absolute Gasteiger partial charge is 0.356 e. The normalized spacial score (nSPS) is 8.73. The Hall–Kier alpha value is -2.44. The third kappa shape index (κ3) is 6.34. The number of fused-ring (bicyclic) bond motifs is 3. The molecule has 0 spiro atoms. The van der Waals surface area contributed by atoms with Gasteiger partial charge in [-0.3, -0.25) is 0 Å². The molecule has 1 N–H and O–H groups in total. The van der Waals surface area contributed by atoms with Crippen molar-refractivity contribution in [1.29, 1.82) is 0 Å². The molecule has 2 aromatic carbocycles. The van der Waals surface area contributed by atoms with Crippen LogP contribution in [-0.2, 0) is 27.3 Å². The van der Waals surface area contributed by atoms with Crippen molar-refractivity contribution in [3.8, 4) is 0 Å². The van der Waals surface area contributed by atoms with E-state index < -0.39 is 10.2 Å². The number of para-hydroxylation sites is 2. The number of rotatable bonds is 0. The standard InChI is InChI=1S/C12H9N.Cd.2NO3/c1-3-7-11-9(5-1)10-6-2-4-8-12(10)13-11;;2*2-1(3)4/h1-8,13H;;;/q;+2;2*-1. The van der Waals surface area contributed by atoms with Crippen LogP contribution in [0.4, 0.5) is 0 Å². The van der Waals surface area contributed by atoms with Crippen molar-refractivity contribution >= 4 is 21.8 Å². The average Bonchev–Trinajstić information content (AvgIpc) is 2.76. The summed E-state index contributed by atoms with van der Waals surface area (Å²) < 4.78 is 0. The minimum Gasteiger partial charge on any atom is -0.356 e. The zero-order valence-electron chi connectivity index (χ0n) is 11.2. The fourth-order valence-electron chi connectivity index (χ4n) is 1.80. The number of aromatic amines is 1. The third-order valence-electron chi connectivity index (χ3n) is 2.41. The number of hydrogen-bond donors (Lipinski definition) is 1. The molecule has 10 heteroatoms. The van der Waals surface area contributed by atoms with Gasteiger partial charge in [0, 0.05) is 21.8 Å². The quantitative estimate of drug-likeness (QED) is 0.346. The van der Waals surface area contributed by atoms with Crippen LogP contribution in [0.5, 0.6) is 0 Å². The zero-order chi connectivity index (χ0) is 15.8. The maximum absolute atomic E-state index is 8.25. The average molecular weight is 404 g/mol. The number of benzene rings is 2. The first kappa shape index (κ1) is 19.6. The molecular weight excluding hydrogens is 395 g/mol. The minimum absolute atomic E-state index is 0. The summed E-state index contributed by atoms with van der Waals surface area (Å²) in [5.41, 5.74) is 2.42. The van der Waals surface area contributed by atoms with Gasteiger partial charge in [0.25, 0.3) is 0 Å². The number of H-pyrrole nitrogens is 1. The van der Waals surface area contributed by atoms with Gasteiger partial charge in [-0.1, -0.05) is 36.4 Å². The summed E-state index contributed by atoms with van der Waals surface area (Å²) in [5.74, 6) is 0. The van der Waals surface area contributed by atoms with Crippen molar-refractivity contribution in [2.45, 2.75) is 0 Å². The molecule has 0 aliphatic heterocycles. The van der Waals surface area contributed by atoms with E-state index in [-0.39, 0.29) is 27.3 Å². The van der Waals surface area contributed by atoms with Crippen molar-refractivity contribution in [3.05, 3.63) is 79.2 Å². The first-order valence-corrected chi connectivity index (χ1v) is 5.50. The van der Waals surface area contributed by atoms with Crippen LogP contribution in [0.15, 0.2) is 48.5 Å². The molecule has 0 saturated heterocycles. The van der Waals surface area contributed by atoms with E-state index >= 15 is 0 Å². The fourth-order valence-corrected chi connectivity index (χ4v) is 1.80. The van der Waals surface area contributed by atoms with Gasteiger partial charge < -0.3 is 35.6 Å². The molecule has 0 atom stereocenters. The van der Waals surface area contributed by atoms with Gasteiger partial charge in [0.15, 0.2) is 0 Å². The molecular formula is C12H9CdN3O6. The largest absolute Gasteiger partial charge is 2.00 e. The molecule has 3 rings (SSSR count). The SMILES string of the molecule is O=[N+]([O-])[O-].O=[N+]([O-])[O-].[Cd+2].c1ccc2c(c1)[nH]c1ccccc12. The summed E-state index contributed by atoms with van der Waals surface area (Å²) in [5, 5.41) is 32.1. The Labute approximate surface area is 143 Å². The molecule has 0 aliphatic carbocycles. The van der Waals surface area contributed by atoms with Gasteiger partial charge in [-0.15, -0.1) is 0 Å². The van der Waals surface area contributed by atoms with Crippen molar-refractivity contribution in [2.24, 2.45) is 0 Å². The van der Waals surface area contributed by atoms with Crippen LogP contribution < -0.4 is 0 Å². The number of aromatic nitrogens is 1. The zero-order valence-corrected chi connectivity index (χ0v) is 15.2. The second-order valence-corrected chi connectivity index (χ2v) is 3.66. The summed E-state index contributed by atoms with van der Waals surface area (Å²) in [7, 11) is 0. The predicted octanol–water partition coefficient (Wildman–Crippen LogP) is 2.84. The van der Waals surface area contributed by atoms with Crippen molar-refractivity contribution < 1.29 is 37.5 Å². The van der Waals surface area contributed by atoms with E-state index in [0.29, 0.717) is 0 Å². The summed E-state index contributed by atoms with van der Waals surface area (Å²) in [6.45, 7) is 0. The monoisotopic (exact) mass is 405 g/mol. The second kappa shape index (κ2) is 9.49. The molecule has 0 unspecified atom stereocenters. The minimum atomic E-state index is -1.75. The maximum atomic E-state index is 8.25. The Morgan fingerprint density at radius 3 is 1.27 bits per heavy atom. The second-order valence-electron chi connectivity index (χ2n) is 3.66. The molecule has 0 bridgehead atoms. The van der Waals surface area contributed by atoms with Crippen LogP contribution in [0, 0.1) is 30.6 Å². The van der Waals surface area contributed by atoms with Gasteiger partial charge in [-0.2, -0.15) is 0 Å². The van der Waals surface area contributed by atoms with E-state index in [1.807, 2.05) is 0 Å². The van der Waals surface area contributed by atoms with Crippen LogP contribution in [0.25, 0.3) is 21.8 Å². The first-order chi connectivity index (χ1) is 9.91. The Bertz CT molecular complexity index is 690. The molecule has 0 radical (unpaired) electrons. The molecule has 0 aliphatic rings. The molecule has 22 heavy (non-hydrogen) atoms. The van der Waals surface area contributed by atoms with Gasteiger partial charge in [0.2, 0.25) is 0 Å². The number of nitrogens with one attached hydrogen (secondary N) is 1. The van der Waals surface area contributed by atoms with Gasteiger partial charge in [-0.05, 0) is 12.1 Å². The molecule has 0 amide bonds. The number of nitrogens with zero attached hydrogens (tertiary/aromatic N) is 2. The first-order valence-electron chi connectivity index (χ1n) is 5.50. The molecule has 3 aromatic rings. The maximum Gasteiger partial charge on any atom is 2.00 e. The molecule has 9 nitrogen and oxygen atoms in total. The Kier molecular flexibility index (Phi) is 8.44. The van der Waals surface area contributed by atoms with E-state index in [4.69, 9.17) is 30.6 Å². The molecule has 1 heterocycles. The van der Waals surface area contributed by atoms with Gasteiger partial charge in [0.05, 0.1) is 10.2 Å². The molecule has 0 fully saturated rings. The molecule has 110 valence electrons. The third-order valence-corrected chi connectivity index (χ3v) is 2.41. The van der Waals surface area contributed by atoms with E-state index in [9.17, 15) is 0 Å². The van der Waals surface area contributed by atoms with Crippen molar-refractivity contribution in [1.82, 2.24) is 4.98 Å². The predicted molar refractivity (Wildman–Crippen MR) is 76.5 cm³/mol. The number of hydrogen-bond acceptors (Lipinski definition) is 6. The van der Waals surface area contributed by atoms with Crippen LogP contribution in [0.2, 0.25) is 0 Å². The van der Waals surface area contributed by atoms with Crippen LogP contribution in [-0.4, -0.2) is 15.2 Å².